The van der Waals surface area contributed by atoms with Gasteiger partial charge in [-0.3, -0.25) is 4.99 Å². The minimum atomic E-state index is -0.229. The second-order valence-corrected chi connectivity index (χ2v) is 4.55. The van der Waals surface area contributed by atoms with Gasteiger partial charge in [0.05, 0.1) is 6.10 Å². The van der Waals surface area contributed by atoms with Crippen molar-refractivity contribution in [2.75, 3.05) is 19.6 Å². The molecule has 14 heavy (non-hydrogen) atoms. The average molecular weight is 199 g/mol. The van der Waals surface area contributed by atoms with Crippen LogP contribution in [0.1, 0.15) is 27.2 Å². The van der Waals surface area contributed by atoms with E-state index in [1.54, 1.807) is 0 Å². The van der Waals surface area contributed by atoms with Crippen LogP contribution in [0.5, 0.6) is 0 Å². The summed E-state index contributed by atoms with van der Waals surface area (Å²) >= 11 is 0. The third-order valence-electron chi connectivity index (χ3n) is 2.82. The zero-order valence-electron chi connectivity index (χ0n) is 9.32. The smallest absolute Gasteiger partial charge is 0.191 e. The maximum absolute atomic E-state index is 9.76. The maximum Gasteiger partial charge on any atom is 0.191 e. The van der Waals surface area contributed by atoms with Crippen LogP contribution >= 0.6 is 0 Å². The van der Waals surface area contributed by atoms with E-state index in [9.17, 15) is 5.11 Å². The van der Waals surface area contributed by atoms with Gasteiger partial charge < -0.3 is 15.7 Å². The van der Waals surface area contributed by atoms with Crippen molar-refractivity contribution in [2.45, 2.75) is 33.3 Å². The Morgan fingerprint density at radius 2 is 2.29 bits per heavy atom. The first-order valence-corrected chi connectivity index (χ1v) is 5.20. The molecule has 0 aromatic carbocycles. The zero-order chi connectivity index (χ0) is 10.8. The van der Waals surface area contributed by atoms with E-state index in [0.29, 0.717) is 12.5 Å². The number of aliphatic imine (C=N–C) groups is 1. The molecule has 0 amide bonds. The highest BCUT2D eigenvalue weighted by Gasteiger charge is 2.35. The summed E-state index contributed by atoms with van der Waals surface area (Å²) in [7, 11) is 0. The van der Waals surface area contributed by atoms with Crippen molar-refractivity contribution < 1.29 is 5.11 Å². The number of likely N-dealkylation sites (tertiary alicyclic amines) is 1. The molecule has 0 radical (unpaired) electrons. The number of rotatable bonds is 1. The van der Waals surface area contributed by atoms with Crippen molar-refractivity contribution in [3.05, 3.63) is 0 Å². The van der Waals surface area contributed by atoms with E-state index in [0.717, 1.165) is 19.5 Å². The van der Waals surface area contributed by atoms with Gasteiger partial charge in [-0.15, -0.1) is 0 Å². The number of aliphatic hydroxyl groups excluding tert-OH is 1. The summed E-state index contributed by atoms with van der Waals surface area (Å²) in [5.74, 6) is 0.604. The summed E-state index contributed by atoms with van der Waals surface area (Å²) in [5.41, 5.74) is 5.73. The summed E-state index contributed by atoms with van der Waals surface area (Å²) in [6.07, 6.45) is 0.542. The Kier molecular flexibility index (Phi) is 3.37. The van der Waals surface area contributed by atoms with Crippen molar-refractivity contribution in [3.63, 3.8) is 0 Å². The monoisotopic (exact) mass is 199 g/mol. The summed E-state index contributed by atoms with van der Waals surface area (Å²) < 4.78 is 0. The molecular formula is C10H21N3O. The van der Waals surface area contributed by atoms with Gasteiger partial charge in [0, 0.05) is 25.0 Å². The number of nitrogens with zero attached hydrogens (tertiary/aromatic N) is 2. The molecule has 1 fully saturated rings. The molecule has 1 unspecified atom stereocenters. The van der Waals surface area contributed by atoms with Gasteiger partial charge in [0.15, 0.2) is 5.96 Å². The lowest BCUT2D eigenvalue weighted by Crippen LogP contribution is -2.52. The molecule has 1 heterocycles. The lowest BCUT2D eigenvalue weighted by Gasteiger charge is -2.42. The molecule has 1 saturated heterocycles. The van der Waals surface area contributed by atoms with Crippen LogP contribution in [0.25, 0.3) is 0 Å². The third-order valence-corrected chi connectivity index (χ3v) is 2.82. The largest absolute Gasteiger partial charge is 0.392 e. The number of piperidine rings is 1. The highest BCUT2D eigenvalue weighted by atomic mass is 16.3. The quantitative estimate of drug-likeness (QED) is 0.475. The van der Waals surface area contributed by atoms with Crippen LogP contribution in [0.2, 0.25) is 0 Å². The maximum atomic E-state index is 9.76. The molecule has 82 valence electrons. The van der Waals surface area contributed by atoms with Crippen LogP contribution in [0.3, 0.4) is 0 Å². The summed E-state index contributed by atoms with van der Waals surface area (Å²) in [5, 5.41) is 9.76. The van der Waals surface area contributed by atoms with E-state index < -0.39 is 0 Å². The average Bonchev–Trinajstić information content (AvgIpc) is 2.10. The van der Waals surface area contributed by atoms with Gasteiger partial charge in [-0.25, -0.2) is 0 Å². The second-order valence-electron chi connectivity index (χ2n) is 4.55. The topological polar surface area (TPSA) is 61.8 Å². The van der Waals surface area contributed by atoms with E-state index >= 15 is 0 Å². The molecule has 0 aromatic heterocycles. The molecule has 0 bridgehead atoms. The highest BCUT2D eigenvalue weighted by molar-refractivity contribution is 5.78. The van der Waals surface area contributed by atoms with Gasteiger partial charge >= 0.3 is 0 Å². The Labute approximate surface area is 85.8 Å². The van der Waals surface area contributed by atoms with Crippen LogP contribution in [0, 0.1) is 5.41 Å². The molecule has 4 heteroatoms. The van der Waals surface area contributed by atoms with Crippen LogP contribution in [-0.4, -0.2) is 41.7 Å². The van der Waals surface area contributed by atoms with Gasteiger partial charge in [-0.1, -0.05) is 13.8 Å². The van der Waals surface area contributed by atoms with Gasteiger partial charge in [0.2, 0.25) is 0 Å². The predicted octanol–water partition coefficient (Wildman–Crippen LogP) is 0.414. The Bertz CT molecular complexity index is 225. The summed E-state index contributed by atoms with van der Waals surface area (Å²) in [6, 6.07) is 0. The van der Waals surface area contributed by atoms with Crippen LogP contribution in [-0.2, 0) is 0 Å². The minimum Gasteiger partial charge on any atom is -0.392 e. The molecule has 1 aliphatic heterocycles. The molecule has 4 nitrogen and oxygen atoms in total. The molecule has 1 rings (SSSR count). The number of aliphatic hydroxyl groups is 1. The van der Waals surface area contributed by atoms with Crippen molar-refractivity contribution in [1.82, 2.24) is 4.90 Å². The van der Waals surface area contributed by atoms with E-state index in [4.69, 9.17) is 5.73 Å². The Balaban J connectivity index is 2.64. The normalized spacial score (nSPS) is 27.9. The first kappa shape index (κ1) is 11.3. The third kappa shape index (κ3) is 2.38. The lowest BCUT2D eigenvalue weighted by molar-refractivity contribution is -0.00442. The Hall–Kier alpha value is -0.770. The van der Waals surface area contributed by atoms with E-state index in [-0.39, 0.29) is 11.5 Å². The fourth-order valence-electron chi connectivity index (χ4n) is 1.80. The molecular weight excluding hydrogens is 178 g/mol. The first-order chi connectivity index (χ1) is 6.47. The molecule has 0 aromatic rings. The van der Waals surface area contributed by atoms with Gasteiger partial charge in [-0.05, 0) is 13.3 Å². The van der Waals surface area contributed by atoms with Crippen molar-refractivity contribution >= 4 is 5.96 Å². The molecule has 0 aliphatic carbocycles. The second kappa shape index (κ2) is 4.17. The van der Waals surface area contributed by atoms with Crippen molar-refractivity contribution in [1.29, 1.82) is 0 Å². The van der Waals surface area contributed by atoms with Crippen molar-refractivity contribution in [2.24, 2.45) is 16.1 Å². The van der Waals surface area contributed by atoms with E-state index in [2.05, 4.69) is 23.7 Å². The van der Waals surface area contributed by atoms with Gasteiger partial charge in [0.1, 0.15) is 0 Å². The Morgan fingerprint density at radius 3 is 2.79 bits per heavy atom. The fourth-order valence-corrected chi connectivity index (χ4v) is 1.80. The van der Waals surface area contributed by atoms with Crippen LogP contribution in [0.15, 0.2) is 4.99 Å². The van der Waals surface area contributed by atoms with Crippen LogP contribution in [0.4, 0.5) is 0 Å². The Morgan fingerprint density at radius 1 is 1.64 bits per heavy atom. The molecule has 1 atom stereocenters. The first-order valence-electron chi connectivity index (χ1n) is 5.20. The molecule has 3 N–H and O–H groups in total. The fraction of sp³-hybridized carbons (Fsp3) is 0.900. The summed E-state index contributed by atoms with van der Waals surface area (Å²) in [4.78, 5) is 6.23. The number of nitrogens with two attached hydrogens (primary N) is 1. The SMILES string of the molecule is CCN=C(N)N1CCC(O)C(C)(C)C1. The number of hydrogen-bond donors (Lipinski definition) is 2. The van der Waals surface area contributed by atoms with Gasteiger partial charge in [-0.2, -0.15) is 0 Å². The van der Waals surface area contributed by atoms with Crippen LogP contribution < -0.4 is 5.73 Å². The molecule has 0 saturated carbocycles. The van der Waals surface area contributed by atoms with E-state index in [1.165, 1.54) is 0 Å². The number of guanidine groups is 1. The highest BCUT2D eigenvalue weighted by Crippen LogP contribution is 2.28. The standard InChI is InChI=1S/C10H21N3O/c1-4-12-9(11)13-6-5-8(14)10(2,3)7-13/h8,14H,4-7H2,1-3H3,(H2,11,12). The predicted molar refractivity (Wildman–Crippen MR) is 58.1 cm³/mol. The molecule has 1 aliphatic rings. The number of hydrogen-bond acceptors (Lipinski definition) is 2. The van der Waals surface area contributed by atoms with E-state index in [1.807, 2.05) is 6.92 Å². The zero-order valence-corrected chi connectivity index (χ0v) is 9.32. The molecule has 0 spiro atoms. The lowest BCUT2D eigenvalue weighted by atomic mass is 9.81. The van der Waals surface area contributed by atoms with Crippen molar-refractivity contribution in [3.8, 4) is 0 Å². The minimum absolute atomic E-state index is 0.0911. The summed E-state index contributed by atoms with van der Waals surface area (Å²) in [6.45, 7) is 8.39. The van der Waals surface area contributed by atoms with Gasteiger partial charge in [0.25, 0.3) is 0 Å².